The van der Waals surface area contributed by atoms with Gasteiger partial charge in [0.15, 0.2) is 5.13 Å². The van der Waals surface area contributed by atoms with Gasteiger partial charge in [-0.15, -0.1) is 11.8 Å². The molecule has 0 aliphatic carbocycles. The first-order valence-corrected chi connectivity index (χ1v) is 11.2. The average Bonchev–Trinajstić information content (AvgIpc) is 3.16. The highest BCUT2D eigenvalue weighted by atomic mass is 32.2. The standard InChI is InChI=1S/C21H22FN3OS2/c1-2-27-16-8-6-15(7-9-16)14-19(26)24-10-12-25(13-11-24)21-23-20-17(22)4-3-5-18(20)28-21/h3-9H,2,10-14H2,1H3. The van der Waals surface area contributed by atoms with E-state index in [-0.39, 0.29) is 11.7 Å². The van der Waals surface area contributed by atoms with Crippen LogP contribution < -0.4 is 4.90 Å². The summed E-state index contributed by atoms with van der Waals surface area (Å²) in [6.07, 6.45) is 0.434. The maximum atomic E-state index is 13.9. The number of amides is 1. The van der Waals surface area contributed by atoms with Gasteiger partial charge in [0.25, 0.3) is 0 Å². The summed E-state index contributed by atoms with van der Waals surface area (Å²) in [6.45, 7) is 4.91. The van der Waals surface area contributed by atoms with Crippen molar-refractivity contribution in [3.05, 3.63) is 53.8 Å². The molecule has 0 bridgehead atoms. The van der Waals surface area contributed by atoms with Gasteiger partial charge >= 0.3 is 0 Å². The van der Waals surface area contributed by atoms with Gasteiger partial charge in [0.2, 0.25) is 5.91 Å². The smallest absolute Gasteiger partial charge is 0.227 e. The lowest BCUT2D eigenvalue weighted by Gasteiger charge is -2.34. The molecular weight excluding hydrogens is 393 g/mol. The Morgan fingerprint density at radius 2 is 1.89 bits per heavy atom. The summed E-state index contributed by atoms with van der Waals surface area (Å²) < 4.78 is 14.7. The Bertz CT molecular complexity index is 965. The highest BCUT2D eigenvalue weighted by Gasteiger charge is 2.23. The van der Waals surface area contributed by atoms with Crippen LogP contribution in [-0.4, -0.2) is 47.7 Å². The molecule has 146 valence electrons. The maximum Gasteiger partial charge on any atom is 0.227 e. The first kappa shape index (κ1) is 19.2. The SMILES string of the molecule is CCSc1ccc(CC(=O)N2CCN(c3nc4c(F)cccc4s3)CC2)cc1. The second kappa shape index (κ2) is 8.49. The summed E-state index contributed by atoms with van der Waals surface area (Å²) in [6, 6.07) is 13.3. The van der Waals surface area contributed by atoms with Crippen molar-refractivity contribution in [1.82, 2.24) is 9.88 Å². The molecule has 1 amide bonds. The molecule has 1 aromatic heterocycles. The van der Waals surface area contributed by atoms with Crippen LogP contribution in [0.25, 0.3) is 10.2 Å². The summed E-state index contributed by atoms with van der Waals surface area (Å²) in [5.41, 5.74) is 1.49. The van der Waals surface area contributed by atoms with Gasteiger partial charge in [0.05, 0.1) is 11.1 Å². The van der Waals surface area contributed by atoms with E-state index in [2.05, 4.69) is 28.9 Å². The number of piperazine rings is 1. The van der Waals surface area contributed by atoms with Crippen LogP contribution in [0.4, 0.5) is 9.52 Å². The summed E-state index contributed by atoms with van der Waals surface area (Å²) in [4.78, 5) is 22.4. The Morgan fingerprint density at radius 1 is 1.14 bits per heavy atom. The molecule has 0 atom stereocenters. The minimum Gasteiger partial charge on any atom is -0.345 e. The van der Waals surface area contributed by atoms with E-state index in [9.17, 15) is 9.18 Å². The number of nitrogens with zero attached hydrogens (tertiary/aromatic N) is 3. The molecule has 7 heteroatoms. The normalized spacial score (nSPS) is 14.6. The van der Waals surface area contributed by atoms with Crippen LogP contribution in [-0.2, 0) is 11.2 Å². The molecule has 1 saturated heterocycles. The van der Waals surface area contributed by atoms with Crippen molar-refractivity contribution in [3.63, 3.8) is 0 Å². The molecular formula is C21H22FN3OS2. The second-order valence-electron chi connectivity index (χ2n) is 6.70. The number of carbonyl (C=O) groups is 1. The van der Waals surface area contributed by atoms with Crippen LogP contribution in [0.1, 0.15) is 12.5 Å². The van der Waals surface area contributed by atoms with Crippen LogP contribution >= 0.6 is 23.1 Å². The molecule has 1 aliphatic heterocycles. The number of rotatable bonds is 5. The van der Waals surface area contributed by atoms with Crippen molar-refractivity contribution in [3.8, 4) is 0 Å². The molecule has 0 spiro atoms. The molecule has 1 fully saturated rings. The van der Waals surface area contributed by atoms with E-state index in [4.69, 9.17) is 0 Å². The lowest BCUT2D eigenvalue weighted by molar-refractivity contribution is -0.130. The van der Waals surface area contributed by atoms with Gasteiger partial charge in [-0.1, -0.05) is 36.5 Å². The van der Waals surface area contributed by atoms with Crippen molar-refractivity contribution in [2.24, 2.45) is 0 Å². The fourth-order valence-corrected chi connectivity index (χ4v) is 5.04. The number of para-hydroxylation sites is 1. The molecule has 3 aromatic rings. The molecule has 0 N–H and O–H groups in total. The number of hydrogen-bond acceptors (Lipinski definition) is 5. The van der Waals surface area contributed by atoms with E-state index >= 15 is 0 Å². The molecule has 4 nitrogen and oxygen atoms in total. The van der Waals surface area contributed by atoms with E-state index in [0.717, 1.165) is 34.2 Å². The number of anilines is 1. The van der Waals surface area contributed by atoms with Crippen LogP contribution in [0.3, 0.4) is 0 Å². The molecule has 0 saturated carbocycles. The average molecular weight is 416 g/mol. The van der Waals surface area contributed by atoms with Gasteiger partial charge in [0, 0.05) is 31.1 Å². The molecule has 2 heterocycles. The van der Waals surface area contributed by atoms with Crippen molar-refractivity contribution in [2.45, 2.75) is 18.2 Å². The predicted octanol–water partition coefficient (Wildman–Crippen LogP) is 4.44. The third-order valence-electron chi connectivity index (χ3n) is 4.85. The molecule has 1 aliphatic rings. The molecule has 28 heavy (non-hydrogen) atoms. The summed E-state index contributed by atoms with van der Waals surface area (Å²) in [5.74, 6) is 0.923. The van der Waals surface area contributed by atoms with Crippen molar-refractivity contribution in [2.75, 3.05) is 36.8 Å². The second-order valence-corrected chi connectivity index (χ2v) is 9.05. The van der Waals surface area contributed by atoms with E-state index in [1.165, 1.54) is 22.3 Å². The monoisotopic (exact) mass is 415 g/mol. The number of thiazole rings is 1. The van der Waals surface area contributed by atoms with Crippen molar-refractivity contribution in [1.29, 1.82) is 0 Å². The zero-order valence-electron chi connectivity index (χ0n) is 15.7. The number of benzene rings is 2. The van der Waals surface area contributed by atoms with Crippen LogP contribution in [0, 0.1) is 5.82 Å². The number of thioether (sulfide) groups is 1. The quantitative estimate of drug-likeness (QED) is 0.578. The first-order valence-electron chi connectivity index (χ1n) is 9.43. The van der Waals surface area contributed by atoms with Crippen LogP contribution in [0.15, 0.2) is 47.4 Å². The minimum absolute atomic E-state index is 0.158. The van der Waals surface area contributed by atoms with E-state index in [0.29, 0.717) is 25.0 Å². The Labute approximate surface area is 172 Å². The Hall–Kier alpha value is -2.12. The van der Waals surface area contributed by atoms with Gasteiger partial charge in [-0.05, 0) is 35.6 Å². The van der Waals surface area contributed by atoms with Gasteiger partial charge in [0.1, 0.15) is 11.3 Å². The summed E-state index contributed by atoms with van der Waals surface area (Å²) >= 11 is 3.31. The third-order valence-corrected chi connectivity index (χ3v) is 6.83. The lowest BCUT2D eigenvalue weighted by atomic mass is 10.1. The lowest BCUT2D eigenvalue weighted by Crippen LogP contribution is -2.49. The van der Waals surface area contributed by atoms with Crippen LogP contribution in [0.5, 0.6) is 0 Å². The third kappa shape index (κ3) is 4.15. The largest absolute Gasteiger partial charge is 0.345 e. The van der Waals surface area contributed by atoms with Crippen LogP contribution in [0.2, 0.25) is 0 Å². The van der Waals surface area contributed by atoms with Crippen molar-refractivity contribution < 1.29 is 9.18 Å². The topological polar surface area (TPSA) is 36.4 Å². The van der Waals surface area contributed by atoms with Gasteiger partial charge in [-0.25, -0.2) is 9.37 Å². The predicted molar refractivity (Wildman–Crippen MR) is 115 cm³/mol. The van der Waals surface area contributed by atoms with Gasteiger partial charge in [-0.2, -0.15) is 0 Å². The highest BCUT2D eigenvalue weighted by Crippen LogP contribution is 2.30. The highest BCUT2D eigenvalue weighted by molar-refractivity contribution is 7.99. The molecule has 0 unspecified atom stereocenters. The van der Waals surface area contributed by atoms with E-state index < -0.39 is 0 Å². The molecule has 4 rings (SSSR count). The molecule has 0 radical (unpaired) electrons. The Balaban J connectivity index is 1.35. The number of halogens is 1. The number of carbonyl (C=O) groups excluding carboxylic acids is 1. The number of hydrogen-bond donors (Lipinski definition) is 0. The fraction of sp³-hybridized carbons (Fsp3) is 0.333. The molecule has 2 aromatic carbocycles. The number of fused-ring (bicyclic) bond motifs is 1. The number of aromatic nitrogens is 1. The minimum atomic E-state index is -0.280. The maximum absolute atomic E-state index is 13.9. The summed E-state index contributed by atoms with van der Waals surface area (Å²) in [5, 5.41) is 0.830. The van der Waals surface area contributed by atoms with Gasteiger partial charge in [-0.3, -0.25) is 4.79 Å². The first-order chi connectivity index (χ1) is 13.6. The van der Waals surface area contributed by atoms with E-state index in [1.54, 1.807) is 17.8 Å². The Kier molecular flexibility index (Phi) is 5.82. The zero-order valence-corrected chi connectivity index (χ0v) is 17.4. The fourth-order valence-electron chi connectivity index (χ4n) is 3.34. The van der Waals surface area contributed by atoms with Gasteiger partial charge < -0.3 is 9.80 Å². The Morgan fingerprint density at radius 3 is 2.57 bits per heavy atom. The van der Waals surface area contributed by atoms with Crippen molar-refractivity contribution >= 4 is 44.4 Å². The van der Waals surface area contributed by atoms with E-state index in [1.807, 2.05) is 23.1 Å². The zero-order chi connectivity index (χ0) is 19.5. The summed E-state index contributed by atoms with van der Waals surface area (Å²) in [7, 11) is 0.